The van der Waals surface area contributed by atoms with Gasteiger partial charge >= 0.3 is 0 Å². The van der Waals surface area contributed by atoms with Crippen LogP contribution >= 0.6 is 0 Å². The number of hydrogen-bond donors (Lipinski definition) is 5. The van der Waals surface area contributed by atoms with E-state index in [0.717, 1.165) is 0 Å². The molecule has 0 aromatic heterocycles. The van der Waals surface area contributed by atoms with Gasteiger partial charge in [0.2, 0.25) is 0 Å². The number of carbonyl (C=O) groups is 2. The Bertz CT molecular complexity index is 754. The lowest BCUT2D eigenvalue weighted by atomic mass is 9.65. The molecule has 3 aliphatic rings. The highest BCUT2D eigenvalue weighted by atomic mass is 16.5. The number of carbonyl (C=O) groups excluding carboxylic acids is 2. The number of aliphatic hydroxyl groups excluding tert-OH is 5. The smallest absolute Gasteiger partial charge is 0.163 e. The topological polar surface area (TPSA) is 145 Å². The van der Waals surface area contributed by atoms with Gasteiger partial charge in [0.1, 0.15) is 29.8 Å². The summed E-state index contributed by atoms with van der Waals surface area (Å²) in [6, 6.07) is 0. The Hall–Kier alpha value is -1.58. The molecule has 30 heavy (non-hydrogen) atoms. The first-order valence-corrected chi connectivity index (χ1v) is 10.3. The van der Waals surface area contributed by atoms with Crippen LogP contribution in [0.1, 0.15) is 53.4 Å². The molecule has 0 spiro atoms. The van der Waals surface area contributed by atoms with E-state index in [2.05, 4.69) is 0 Å². The van der Waals surface area contributed by atoms with E-state index in [4.69, 9.17) is 9.84 Å². The third-order valence-electron chi connectivity index (χ3n) is 6.25. The van der Waals surface area contributed by atoms with Crippen LogP contribution in [0, 0.1) is 16.7 Å². The molecule has 5 N–H and O–H groups in total. The van der Waals surface area contributed by atoms with Crippen LogP contribution < -0.4 is 0 Å². The van der Waals surface area contributed by atoms with Crippen molar-refractivity contribution in [2.24, 2.45) is 16.7 Å². The van der Waals surface area contributed by atoms with Crippen molar-refractivity contribution < 1.29 is 39.9 Å². The van der Waals surface area contributed by atoms with Crippen molar-refractivity contribution in [1.29, 1.82) is 0 Å². The van der Waals surface area contributed by atoms with Crippen molar-refractivity contribution >= 4 is 11.6 Å². The normalized spacial score (nSPS) is 27.8. The molecule has 2 aliphatic carbocycles. The summed E-state index contributed by atoms with van der Waals surface area (Å²) >= 11 is 0. The van der Waals surface area contributed by atoms with Gasteiger partial charge in [-0.2, -0.15) is 0 Å². The van der Waals surface area contributed by atoms with Crippen LogP contribution in [0.2, 0.25) is 0 Å². The maximum absolute atomic E-state index is 13.0. The number of ketones is 2. The first-order valence-electron chi connectivity index (χ1n) is 10.3. The summed E-state index contributed by atoms with van der Waals surface area (Å²) in [5.74, 6) is -0.952. The molecule has 1 heterocycles. The van der Waals surface area contributed by atoms with Crippen molar-refractivity contribution in [3.63, 3.8) is 0 Å². The largest absolute Gasteiger partial charge is 0.465 e. The second kappa shape index (κ2) is 7.84. The molecule has 0 saturated carbocycles. The van der Waals surface area contributed by atoms with Crippen LogP contribution in [0.4, 0.5) is 0 Å². The number of aliphatic hydroxyl groups is 5. The van der Waals surface area contributed by atoms with E-state index in [1.807, 2.05) is 27.7 Å². The third kappa shape index (κ3) is 4.11. The molecule has 1 aliphatic heterocycles. The van der Waals surface area contributed by atoms with Gasteiger partial charge in [-0.25, -0.2) is 0 Å². The van der Waals surface area contributed by atoms with Gasteiger partial charge in [0.05, 0.1) is 18.6 Å². The first kappa shape index (κ1) is 23.1. The van der Waals surface area contributed by atoms with Crippen molar-refractivity contribution in [3.05, 3.63) is 22.7 Å². The van der Waals surface area contributed by atoms with Crippen LogP contribution in [0.5, 0.6) is 0 Å². The highest BCUT2D eigenvalue weighted by molar-refractivity contribution is 6.04. The number of ether oxygens (including phenoxy) is 1. The zero-order chi connectivity index (χ0) is 22.6. The second-order valence-corrected chi connectivity index (χ2v) is 10.4. The molecule has 0 amide bonds. The highest BCUT2D eigenvalue weighted by Crippen LogP contribution is 2.51. The summed E-state index contributed by atoms with van der Waals surface area (Å²) in [4.78, 5) is 26.1. The predicted octanol–water partition coefficient (Wildman–Crippen LogP) is 0.355. The SMILES string of the molecule is CC1(C)CC(=O)C2=C(C1)OC1=C(C(=O)CC(C)(C)C1)C2[C@@H](O)[C@@H](O)[C@H](O)[C@H](O)CO. The average Bonchev–Trinajstić information content (AvgIpc) is 2.61. The molecule has 0 radical (unpaired) electrons. The Morgan fingerprint density at radius 3 is 1.67 bits per heavy atom. The molecule has 4 atom stereocenters. The van der Waals surface area contributed by atoms with E-state index in [9.17, 15) is 30.0 Å². The molecule has 0 aromatic carbocycles. The minimum atomic E-state index is -1.89. The second-order valence-electron chi connectivity index (χ2n) is 10.4. The van der Waals surface area contributed by atoms with Gasteiger partial charge < -0.3 is 30.3 Å². The number of allylic oxidation sites excluding steroid dienone is 2. The van der Waals surface area contributed by atoms with Crippen molar-refractivity contribution in [3.8, 4) is 0 Å². The van der Waals surface area contributed by atoms with E-state index in [1.54, 1.807) is 0 Å². The molecular formula is C22H32O8. The van der Waals surface area contributed by atoms with Crippen molar-refractivity contribution in [2.45, 2.75) is 77.8 Å². The fourth-order valence-corrected chi connectivity index (χ4v) is 4.80. The minimum absolute atomic E-state index is 0.151. The molecular weight excluding hydrogens is 392 g/mol. The Balaban J connectivity index is 2.10. The van der Waals surface area contributed by atoms with Gasteiger partial charge in [-0.15, -0.1) is 0 Å². The van der Waals surface area contributed by atoms with Crippen LogP contribution in [0.15, 0.2) is 22.7 Å². The van der Waals surface area contributed by atoms with Crippen molar-refractivity contribution in [2.75, 3.05) is 6.61 Å². The number of Topliss-reactive ketones (excluding diaryl/α,β-unsaturated/α-hetero) is 2. The van der Waals surface area contributed by atoms with E-state index in [1.165, 1.54) is 0 Å². The molecule has 0 fully saturated rings. The summed E-state index contributed by atoms with van der Waals surface area (Å²) in [7, 11) is 0. The fraction of sp³-hybridized carbons (Fsp3) is 0.727. The van der Waals surface area contributed by atoms with E-state index in [0.29, 0.717) is 24.4 Å². The molecule has 0 saturated heterocycles. The standard InChI is InChI=1S/C22H32O8/c1-21(2)5-10(24)15-13(7-21)30-14-8-22(3,4)6-11(25)16(14)17(15)19(28)20(29)18(27)12(26)9-23/h12,17-20,23,26-29H,5-9H2,1-4H3/t12-,18-,19-,20+/m1/s1. The van der Waals surface area contributed by atoms with Gasteiger partial charge in [-0.05, 0) is 10.8 Å². The first-order chi connectivity index (χ1) is 13.8. The van der Waals surface area contributed by atoms with E-state index in [-0.39, 0.29) is 46.4 Å². The molecule has 8 heteroatoms. The maximum atomic E-state index is 13.0. The summed E-state index contributed by atoms with van der Waals surface area (Å²) < 4.78 is 6.07. The van der Waals surface area contributed by atoms with Crippen LogP contribution in [0.25, 0.3) is 0 Å². The number of rotatable bonds is 5. The average molecular weight is 424 g/mol. The van der Waals surface area contributed by atoms with E-state index >= 15 is 0 Å². The quantitative estimate of drug-likeness (QED) is 0.425. The Morgan fingerprint density at radius 2 is 1.27 bits per heavy atom. The van der Waals surface area contributed by atoms with Gasteiger partial charge in [-0.3, -0.25) is 9.59 Å². The van der Waals surface area contributed by atoms with Gasteiger partial charge in [0.15, 0.2) is 11.6 Å². The maximum Gasteiger partial charge on any atom is 0.163 e. The molecule has 0 unspecified atom stereocenters. The van der Waals surface area contributed by atoms with Crippen LogP contribution in [-0.2, 0) is 14.3 Å². The Morgan fingerprint density at radius 1 is 0.833 bits per heavy atom. The van der Waals surface area contributed by atoms with Gasteiger partial charge in [0, 0.05) is 36.8 Å². The van der Waals surface area contributed by atoms with Gasteiger partial charge in [0.25, 0.3) is 0 Å². The summed E-state index contributed by atoms with van der Waals surface area (Å²) in [6.45, 7) is 6.90. The molecule has 0 aromatic rings. The lowest BCUT2D eigenvalue weighted by Crippen LogP contribution is -2.52. The predicted molar refractivity (Wildman–Crippen MR) is 106 cm³/mol. The molecule has 168 valence electrons. The Kier molecular flexibility index (Phi) is 6.03. The summed E-state index contributed by atoms with van der Waals surface area (Å²) in [6.07, 6.45) is -5.92. The van der Waals surface area contributed by atoms with Gasteiger partial charge in [-0.1, -0.05) is 27.7 Å². The van der Waals surface area contributed by atoms with Crippen molar-refractivity contribution in [1.82, 2.24) is 0 Å². The summed E-state index contributed by atoms with van der Waals surface area (Å²) in [5.41, 5.74) is -0.414. The van der Waals surface area contributed by atoms with Crippen LogP contribution in [-0.4, -0.2) is 68.1 Å². The monoisotopic (exact) mass is 424 g/mol. The summed E-state index contributed by atoms with van der Waals surface area (Å²) in [5, 5.41) is 50.4. The zero-order valence-electron chi connectivity index (χ0n) is 17.9. The fourth-order valence-electron chi connectivity index (χ4n) is 4.80. The lowest BCUT2D eigenvalue weighted by molar-refractivity contribution is -0.132. The number of hydrogen-bond acceptors (Lipinski definition) is 8. The lowest BCUT2D eigenvalue weighted by Gasteiger charge is -2.44. The highest BCUT2D eigenvalue weighted by Gasteiger charge is 2.51. The van der Waals surface area contributed by atoms with E-state index < -0.39 is 36.9 Å². The molecule has 0 bridgehead atoms. The Labute approximate surface area is 175 Å². The molecule has 3 rings (SSSR count). The molecule has 8 nitrogen and oxygen atoms in total. The van der Waals surface area contributed by atoms with Crippen LogP contribution in [0.3, 0.4) is 0 Å². The zero-order valence-corrected chi connectivity index (χ0v) is 17.9. The minimum Gasteiger partial charge on any atom is -0.465 e. The third-order valence-corrected chi connectivity index (χ3v) is 6.25.